The maximum Gasteiger partial charge on any atom is 0.0883 e. The van der Waals surface area contributed by atoms with Crippen molar-refractivity contribution in [2.24, 2.45) is 0 Å². The van der Waals surface area contributed by atoms with E-state index in [1.165, 1.54) is 0 Å². The van der Waals surface area contributed by atoms with Crippen LogP contribution in [0.15, 0.2) is 17.5 Å². The largest absolute Gasteiger partial charge is 0.395 e. The van der Waals surface area contributed by atoms with Gasteiger partial charge in [-0.2, -0.15) is 0 Å². The summed E-state index contributed by atoms with van der Waals surface area (Å²) in [7, 11) is 0. The molecule has 0 atom stereocenters. The Morgan fingerprint density at radius 2 is 2.56 bits per heavy atom. The lowest BCUT2D eigenvalue weighted by molar-refractivity contribution is 0.311. The number of rotatable bonds is 3. The Kier molecular flexibility index (Phi) is 2.54. The molecule has 0 aliphatic heterocycles. The summed E-state index contributed by atoms with van der Waals surface area (Å²) < 4.78 is 0. The second kappa shape index (κ2) is 3.48. The van der Waals surface area contributed by atoms with Gasteiger partial charge in [0.1, 0.15) is 0 Å². The van der Waals surface area contributed by atoms with E-state index in [0.717, 1.165) is 5.00 Å². The molecule has 1 heterocycles. The van der Waals surface area contributed by atoms with Gasteiger partial charge in [-0.15, -0.1) is 11.3 Å². The van der Waals surface area contributed by atoms with Gasteiger partial charge < -0.3 is 10.4 Å². The number of hydrogen-bond acceptors (Lipinski definition) is 3. The molecule has 0 aliphatic rings. The van der Waals surface area contributed by atoms with Gasteiger partial charge in [0.15, 0.2) is 0 Å². The van der Waals surface area contributed by atoms with Crippen LogP contribution in [0.25, 0.3) is 0 Å². The van der Waals surface area contributed by atoms with Crippen molar-refractivity contribution < 1.29 is 5.11 Å². The van der Waals surface area contributed by atoms with Gasteiger partial charge in [-0.25, -0.2) is 0 Å². The fourth-order valence-electron chi connectivity index (χ4n) is 0.558. The van der Waals surface area contributed by atoms with Gasteiger partial charge in [0.2, 0.25) is 0 Å². The Labute approximate surface area is 58.1 Å². The number of thiophene rings is 1. The van der Waals surface area contributed by atoms with Crippen molar-refractivity contribution in [3.8, 4) is 0 Å². The molecule has 0 radical (unpaired) electrons. The highest BCUT2D eigenvalue weighted by Gasteiger charge is 1.87. The summed E-state index contributed by atoms with van der Waals surface area (Å²) in [5.41, 5.74) is 0. The molecule has 2 nitrogen and oxygen atoms in total. The zero-order chi connectivity index (χ0) is 6.53. The van der Waals surface area contributed by atoms with Crippen LogP contribution in [0.1, 0.15) is 0 Å². The molecule has 0 amide bonds. The highest BCUT2D eigenvalue weighted by atomic mass is 32.1. The lowest BCUT2D eigenvalue weighted by atomic mass is 10.6. The van der Waals surface area contributed by atoms with E-state index in [1.54, 1.807) is 11.3 Å². The molecule has 1 aromatic rings. The summed E-state index contributed by atoms with van der Waals surface area (Å²) in [6, 6.07) is 3.96. The van der Waals surface area contributed by atoms with E-state index in [9.17, 15) is 0 Å². The van der Waals surface area contributed by atoms with E-state index in [1.807, 2.05) is 17.5 Å². The highest BCUT2D eigenvalue weighted by Crippen LogP contribution is 2.13. The zero-order valence-electron chi connectivity index (χ0n) is 5.00. The van der Waals surface area contributed by atoms with Crippen molar-refractivity contribution in [1.82, 2.24) is 0 Å². The van der Waals surface area contributed by atoms with E-state index in [-0.39, 0.29) is 6.61 Å². The van der Waals surface area contributed by atoms with Gasteiger partial charge in [-0.05, 0) is 17.5 Å². The average molecular weight is 143 g/mol. The molecule has 1 aromatic heterocycles. The van der Waals surface area contributed by atoms with Crippen molar-refractivity contribution in [3.05, 3.63) is 17.5 Å². The van der Waals surface area contributed by atoms with Gasteiger partial charge in [0.25, 0.3) is 0 Å². The van der Waals surface area contributed by atoms with Crippen molar-refractivity contribution in [3.63, 3.8) is 0 Å². The van der Waals surface area contributed by atoms with E-state index >= 15 is 0 Å². The third kappa shape index (κ3) is 2.03. The molecule has 0 aliphatic carbocycles. The minimum absolute atomic E-state index is 0.192. The van der Waals surface area contributed by atoms with Crippen LogP contribution in [0.3, 0.4) is 0 Å². The first-order valence-electron chi connectivity index (χ1n) is 2.81. The summed E-state index contributed by atoms with van der Waals surface area (Å²) in [6.45, 7) is 0.832. The maximum atomic E-state index is 8.41. The second-order valence-corrected chi connectivity index (χ2v) is 2.58. The molecule has 0 fully saturated rings. The molecule has 0 unspecified atom stereocenters. The van der Waals surface area contributed by atoms with Crippen LogP contribution in [-0.2, 0) is 0 Å². The monoisotopic (exact) mass is 143 g/mol. The predicted molar refractivity (Wildman–Crippen MR) is 39.9 cm³/mol. The standard InChI is InChI=1S/C6H9NOS/c8-4-3-7-6-2-1-5-9-6/h1-2,5,7-8H,3-4H2. The Balaban J connectivity index is 2.30. The summed E-state index contributed by atoms with van der Waals surface area (Å²) in [5, 5.41) is 14.6. The van der Waals surface area contributed by atoms with Gasteiger partial charge in [0.05, 0.1) is 11.6 Å². The van der Waals surface area contributed by atoms with Crippen LogP contribution >= 0.6 is 11.3 Å². The van der Waals surface area contributed by atoms with Crippen molar-refractivity contribution in [1.29, 1.82) is 0 Å². The van der Waals surface area contributed by atoms with E-state index in [2.05, 4.69) is 5.32 Å². The first kappa shape index (κ1) is 6.58. The Bertz CT molecular complexity index is 150. The summed E-state index contributed by atoms with van der Waals surface area (Å²) in [6.07, 6.45) is 0. The van der Waals surface area contributed by atoms with Crippen LogP contribution in [0.5, 0.6) is 0 Å². The predicted octanol–water partition coefficient (Wildman–Crippen LogP) is 1.15. The quantitative estimate of drug-likeness (QED) is 0.665. The van der Waals surface area contributed by atoms with Gasteiger partial charge in [-0.3, -0.25) is 0 Å². The molecule has 1 rings (SSSR count). The first-order valence-corrected chi connectivity index (χ1v) is 3.69. The molecular weight excluding hydrogens is 134 g/mol. The van der Waals surface area contributed by atoms with Crippen molar-refractivity contribution in [2.75, 3.05) is 18.5 Å². The smallest absolute Gasteiger partial charge is 0.0883 e. The fourth-order valence-corrected chi connectivity index (χ4v) is 1.20. The number of anilines is 1. The molecule has 0 saturated carbocycles. The van der Waals surface area contributed by atoms with Gasteiger partial charge in [-0.1, -0.05) is 0 Å². The lowest BCUT2D eigenvalue weighted by Gasteiger charge is -1.96. The maximum absolute atomic E-state index is 8.41. The molecule has 0 saturated heterocycles. The minimum Gasteiger partial charge on any atom is -0.395 e. The number of hydrogen-bond donors (Lipinski definition) is 2. The van der Waals surface area contributed by atoms with Crippen molar-refractivity contribution >= 4 is 16.3 Å². The number of aliphatic hydroxyl groups is 1. The Morgan fingerprint density at radius 3 is 3.11 bits per heavy atom. The molecule has 0 aromatic carbocycles. The normalized spacial score (nSPS) is 9.44. The fraction of sp³-hybridized carbons (Fsp3) is 0.333. The Morgan fingerprint density at radius 1 is 1.67 bits per heavy atom. The molecule has 0 bridgehead atoms. The first-order chi connectivity index (χ1) is 4.43. The lowest BCUT2D eigenvalue weighted by Crippen LogP contribution is -2.03. The molecule has 50 valence electrons. The number of nitrogens with one attached hydrogen (secondary N) is 1. The number of aliphatic hydroxyl groups excluding tert-OH is 1. The van der Waals surface area contributed by atoms with Crippen LogP contribution in [-0.4, -0.2) is 18.3 Å². The molecule has 3 heteroatoms. The Hall–Kier alpha value is -0.540. The van der Waals surface area contributed by atoms with Gasteiger partial charge >= 0.3 is 0 Å². The van der Waals surface area contributed by atoms with E-state index in [0.29, 0.717) is 6.54 Å². The summed E-state index contributed by atoms with van der Waals surface area (Å²) in [4.78, 5) is 0. The van der Waals surface area contributed by atoms with E-state index < -0.39 is 0 Å². The average Bonchev–Trinajstić information content (AvgIpc) is 2.34. The van der Waals surface area contributed by atoms with Crippen LogP contribution in [0.4, 0.5) is 5.00 Å². The van der Waals surface area contributed by atoms with E-state index in [4.69, 9.17) is 5.11 Å². The molecule has 0 spiro atoms. The summed E-state index contributed by atoms with van der Waals surface area (Å²) in [5.74, 6) is 0. The van der Waals surface area contributed by atoms with Crippen LogP contribution in [0, 0.1) is 0 Å². The third-order valence-electron chi connectivity index (χ3n) is 0.932. The SMILES string of the molecule is OCCNc1cccs1. The highest BCUT2D eigenvalue weighted by molar-refractivity contribution is 7.14. The molecule has 2 N–H and O–H groups in total. The topological polar surface area (TPSA) is 32.3 Å². The molecule has 9 heavy (non-hydrogen) atoms. The zero-order valence-corrected chi connectivity index (χ0v) is 5.82. The van der Waals surface area contributed by atoms with Gasteiger partial charge in [0, 0.05) is 6.54 Å². The second-order valence-electron chi connectivity index (χ2n) is 1.63. The summed E-state index contributed by atoms with van der Waals surface area (Å²) >= 11 is 1.64. The third-order valence-corrected chi connectivity index (χ3v) is 1.76. The van der Waals surface area contributed by atoms with Crippen molar-refractivity contribution in [2.45, 2.75) is 0 Å². The minimum atomic E-state index is 0.192. The van der Waals surface area contributed by atoms with Crippen LogP contribution in [0.2, 0.25) is 0 Å². The molecular formula is C6H9NOS. The van der Waals surface area contributed by atoms with Crippen LogP contribution < -0.4 is 5.32 Å².